The summed E-state index contributed by atoms with van der Waals surface area (Å²) in [6.07, 6.45) is 1.59. The van der Waals surface area contributed by atoms with Crippen molar-refractivity contribution in [3.8, 4) is 0 Å². The summed E-state index contributed by atoms with van der Waals surface area (Å²) in [4.78, 5) is 12.8. The molecule has 2 N–H and O–H groups in total. The van der Waals surface area contributed by atoms with E-state index in [1.165, 1.54) is 0 Å². The highest BCUT2D eigenvalue weighted by molar-refractivity contribution is 5.68. The lowest BCUT2D eigenvalue weighted by Crippen LogP contribution is -2.44. The van der Waals surface area contributed by atoms with Gasteiger partial charge in [0.25, 0.3) is 0 Å². The maximum Gasteiger partial charge on any atom is 0.409 e. The van der Waals surface area contributed by atoms with Crippen LogP contribution >= 0.6 is 0 Å². The van der Waals surface area contributed by atoms with E-state index in [0.717, 1.165) is 19.4 Å². The molecule has 4 heteroatoms. The van der Waals surface area contributed by atoms with Gasteiger partial charge in [0.15, 0.2) is 0 Å². The minimum absolute atomic E-state index is 0.0793. The van der Waals surface area contributed by atoms with Crippen molar-refractivity contribution in [1.82, 2.24) is 4.90 Å². The molecule has 1 aliphatic rings. The van der Waals surface area contributed by atoms with Crippen LogP contribution in [0.3, 0.4) is 0 Å². The molecule has 1 heterocycles. The number of amides is 1. The molecule has 1 atom stereocenters. The Balaban J connectivity index is 2.34. The van der Waals surface area contributed by atoms with Gasteiger partial charge in [0.2, 0.25) is 0 Å². The van der Waals surface area contributed by atoms with E-state index in [2.05, 4.69) is 0 Å². The summed E-state index contributed by atoms with van der Waals surface area (Å²) < 4.78 is 4.87. The summed E-state index contributed by atoms with van der Waals surface area (Å²) in [7, 11) is 0. The number of ether oxygens (including phenoxy) is 1. The van der Waals surface area contributed by atoms with Crippen LogP contribution in [-0.4, -0.2) is 36.7 Å². The fourth-order valence-electron chi connectivity index (χ4n) is 1.18. The number of carbonyl (C=O) groups is 1. The normalized spacial score (nSPS) is 20.5. The summed E-state index contributed by atoms with van der Waals surface area (Å²) >= 11 is 0. The molecule has 1 rings (SSSR count). The molecular weight excluding hydrogens is 156 g/mol. The molecule has 0 radical (unpaired) electrons. The number of rotatable bonds is 3. The molecule has 70 valence electrons. The predicted molar refractivity (Wildman–Crippen MR) is 45.8 cm³/mol. The number of nitrogens with zero attached hydrogens (tertiary/aromatic N) is 1. The van der Waals surface area contributed by atoms with Gasteiger partial charge < -0.3 is 15.4 Å². The van der Waals surface area contributed by atoms with Crippen molar-refractivity contribution in [2.45, 2.75) is 25.8 Å². The Kier molecular flexibility index (Phi) is 3.34. The van der Waals surface area contributed by atoms with Gasteiger partial charge in [-0.2, -0.15) is 0 Å². The first-order chi connectivity index (χ1) is 5.74. The van der Waals surface area contributed by atoms with Crippen molar-refractivity contribution < 1.29 is 9.53 Å². The minimum Gasteiger partial charge on any atom is -0.449 e. The molecule has 1 amide bonds. The molecular formula is C8H16N2O2. The molecule has 12 heavy (non-hydrogen) atoms. The number of hydrogen-bond donors (Lipinski definition) is 1. The zero-order valence-electron chi connectivity index (χ0n) is 7.45. The van der Waals surface area contributed by atoms with Crippen LogP contribution in [0.2, 0.25) is 0 Å². The smallest absolute Gasteiger partial charge is 0.409 e. The van der Waals surface area contributed by atoms with Gasteiger partial charge in [0.05, 0.1) is 6.61 Å². The van der Waals surface area contributed by atoms with Gasteiger partial charge in [0.1, 0.15) is 0 Å². The van der Waals surface area contributed by atoms with Crippen LogP contribution in [-0.2, 0) is 4.74 Å². The SMILES string of the molecule is CCC(N)CN1CCCOC1=O. The number of hydrogen-bond acceptors (Lipinski definition) is 3. The number of nitrogens with two attached hydrogens (primary N) is 1. The average Bonchev–Trinajstić information content (AvgIpc) is 2.09. The molecule has 0 aromatic carbocycles. The monoisotopic (exact) mass is 172 g/mol. The van der Waals surface area contributed by atoms with E-state index in [9.17, 15) is 4.79 Å². The summed E-state index contributed by atoms with van der Waals surface area (Å²) in [6, 6.07) is 0.0793. The van der Waals surface area contributed by atoms with E-state index < -0.39 is 0 Å². The second-order valence-electron chi connectivity index (χ2n) is 3.08. The Morgan fingerprint density at radius 2 is 2.50 bits per heavy atom. The molecule has 4 nitrogen and oxygen atoms in total. The summed E-state index contributed by atoms with van der Waals surface area (Å²) in [5.74, 6) is 0. The Morgan fingerprint density at radius 1 is 1.75 bits per heavy atom. The second-order valence-corrected chi connectivity index (χ2v) is 3.08. The molecule has 0 spiro atoms. The summed E-state index contributed by atoms with van der Waals surface area (Å²) in [6.45, 7) is 3.97. The molecule has 0 saturated carbocycles. The Morgan fingerprint density at radius 3 is 3.08 bits per heavy atom. The van der Waals surface area contributed by atoms with E-state index in [1.54, 1.807) is 4.90 Å². The Labute approximate surface area is 72.7 Å². The molecule has 0 bridgehead atoms. The lowest BCUT2D eigenvalue weighted by atomic mass is 10.2. The molecule has 0 aromatic heterocycles. The van der Waals surface area contributed by atoms with Crippen LogP contribution < -0.4 is 5.73 Å². The average molecular weight is 172 g/mol. The fraction of sp³-hybridized carbons (Fsp3) is 0.875. The van der Waals surface area contributed by atoms with Crippen LogP contribution in [0.1, 0.15) is 19.8 Å². The van der Waals surface area contributed by atoms with E-state index >= 15 is 0 Å². The van der Waals surface area contributed by atoms with Crippen LogP contribution in [0, 0.1) is 0 Å². The zero-order valence-corrected chi connectivity index (χ0v) is 7.45. The van der Waals surface area contributed by atoms with E-state index in [4.69, 9.17) is 10.5 Å². The van der Waals surface area contributed by atoms with Gasteiger partial charge in [-0.25, -0.2) is 4.79 Å². The van der Waals surface area contributed by atoms with E-state index in [-0.39, 0.29) is 12.1 Å². The van der Waals surface area contributed by atoms with Crippen LogP contribution in [0.25, 0.3) is 0 Å². The van der Waals surface area contributed by atoms with Crippen molar-refractivity contribution in [2.75, 3.05) is 19.7 Å². The van der Waals surface area contributed by atoms with Crippen molar-refractivity contribution >= 4 is 6.09 Å². The highest BCUT2D eigenvalue weighted by Gasteiger charge is 2.20. The van der Waals surface area contributed by atoms with Gasteiger partial charge in [-0.05, 0) is 12.8 Å². The molecule has 0 aliphatic carbocycles. The quantitative estimate of drug-likeness (QED) is 0.677. The van der Waals surface area contributed by atoms with E-state index in [1.807, 2.05) is 6.92 Å². The predicted octanol–water partition coefficient (Wildman–Crippen LogP) is 0.566. The molecule has 1 unspecified atom stereocenters. The molecule has 1 fully saturated rings. The van der Waals surface area contributed by atoms with Crippen LogP contribution in [0.15, 0.2) is 0 Å². The third kappa shape index (κ3) is 2.37. The maximum absolute atomic E-state index is 11.1. The first-order valence-electron chi connectivity index (χ1n) is 4.41. The Bertz CT molecular complexity index is 161. The highest BCUT2D eigenvalue weighted by atomic mass is 16.6. The van der Waals surface area contributed by atoms with Gasteiger partial charge >= 0.3 is 6.09 Å². The topological polar surface area (TPSA) is 55.6 Å². The Hall–Kier alpha value is -0.770. The fourth-order valence-corrected chi connectivity index (χ4v) is 1.18. The number of carbonyl (C=O) groups excluding carboxylic acids is 1. The first-order valence-corrected chi connectivity index (χ1v) is 4.41. The molecule has 1 aliphatic heterocycles. The van der Waals surface area contributed by atoms with Gasteiger partial charge in [-0.1, -0.05) is 6.92 Å². The largest absolute Gasteiger partial charge is 0.449 e. The molecule has 0 aromatic rings. The van der Waals surface area contributed by atoms with Gasteiger partial charge in [-0.15, -0.1) is 0 Å². The van der Waals surface area contributed by atoms with E-state index in [0.29, 0.717) is 13.2 Å². The lowest BCUT2D eigenvalue weighted by molar-refractivity contribution is 0.0704. The minimum atomic E-state index is -0.217. The van der Waals surface area contributed by atoms with Gasteiger partial charge in [0, 0.05) is 19.1 Å². The first kappa shape index (κ1) is 9.32. The van der Waals surface area contributed by atoms with Crippen molar-refractivity contribution in [2.24, 2.45) is 5.73 Å². The van der Waals surface area contributed by atoms with Crippen LogP contribution in [0.5, 0.6) is 0 Å². The number of cyclic esters (lactones) is 1. The second kappa shape index (κ2) is 4.30. The standard InChI is InChI=1S/C8H16N2O2/c1-2-7(9)6-10-4-3-5-12-8(10)11/h7H,2-6,9H2,1H3. The van der Waals surface area contributed by atoms with Crippen molar-refractivity contribution in [1.29, 1.82) is 0 Å². The lowest BCUT2D eigenvalue weighted by Gasteiger charge is -2.28. The van der Waals surface area contributed by atoms with Crippen LogP contribution in [0.4, 0.5) is 4.79 Å². The highest BCUT2D eigenvalue weighted by Crippen LogP contribution is 2.05. The summed E-state index contributed by atoms with van der Waals surface area (Å²) in [5.41, 5.74) is 5.72. The third-order valence-electron chi connectivity index (χ3n) is 2.04. The third-order valence-corrected chi connectivity index (χ3v) is 2.04. The summed E-state index contributed by atoms with van der Waals surface area (Å²) in [5, 5.41) is 0. The molecule has 1 saturated heterocycles. The zero-order chi connectivity index (χ0) is 8.97. The van der Waals surface area contributed by atoms with Crippen molar-refractivity contribution in [3.05, 3.63) is 0 Å². The van der Waals surface area contributed by atoms with Gasteiger partial charge in [-0.3, -0.25) is 0 Å². The van der Waals surface area contributed by atoms with Crippen molar-refractivity contribution in [3.63, 3.8) is 0 Å². The maximum atomic E-state index is 11.1.